The Balaban J connectivity index is 1.52. The number of alkyl carbamates (subject to hydrolysis) is 1. The number of ether oxygens (including phenoxy) is 1. The van der Waals surface area contributed by atoms with E-state index in [9.17, 15) is 22.8 Å². The Labute approximate surface area is 276 Å². The summed E-state index contributed by atoms with van der Waals surface area (Å²) in [7, 11) is -4.06. The first-order chi connectivity index (χ1) is 21.1. The summed E-state index contributed by atoms with van der Waals surface area (Å²) in [4.78, 5) is 42.4. The molecule has 0 bridgehead atoms. The van der Waals surface area contributed by atoms with Crippen LogP contribution in [0, 0.1) is 6.92 Å². The fourth-order valence-corrected chi connectivity index (χ4v) is 6.95. The van der Waals surface area contributed by atoms with Crippen molar-refractivity contribution in [2.75, 3.05) is 6.54 Å². The number of halogens is 2. The number of carbonyl (C=O) groups excluding carboxylic acids is 3. The second kappa shape index (κ2) is 12.5. The number of H-pyrrole nitrogens is 1. The Kier molecular flexibility index (Phi) is 8.98. The predicted molar refractivity (Wildman–Crippen MR) is 179 cm³/mol. The van der Waals surface area contributed by atoms with Crippen LogP contribution < -0.4 is 10.6 Å². The molecule has 10 nitrogen and oxygen atoms in total. The van der Waals surface area contributed by atoms with Gasteiger partial charge in [-0.25, -0.2) is 17.2 Å². The van der Waals surface area contributed by atoms with Gasteiger partial charge in [-0.05, 0) is 64.1 Å². The highest BCUT2D eigenvalue weighted by Gasteiger charge is 2.29. The third-order valence-corrected chi connectivity index (χ3v) is 9.64. The van der Waals surface area contributed by atoms with Gasteiger partial charge in [-0.1, -0.05) is 61.7 Å². The lowest BCUT2D eigenvalue weighted by Gasteiger charge is -2.24. The van der Waals surface area contributed by atoms with Crippen molar-refractivity contribution < 1.29 is 27.5 Å². The number of fused-ring (bicyclic) bond motifs is 2. The van der Waals surface area contributed by atoms with Crippen LogP contribution in [0.2, 0.25) is 0 Å². The highest BCUT2D eigenvalue weighted by molar-refractivity contribution is 9.10. The van der Waals surface area contributed by atoms with Gasteiger partial charge in [-0.3, -0.25) is 9.59 Å². The number of ketones is 1. The fraction of sp³-hybridized carbons (Fsp3) is 0.219. The number of nitrogens with one attached hydrogen (secondary N) is 3. The van der Waals surface area contributed by atoms with Crippen molar-refractivity contribution >= 4 is 81.5 Å². The molecular weight excluding hydrogens is 728 g/mol. The highest BCUT2D eigenvalue weighted by Crippen LogP contribution is 2.32. The van der Waals surface area contributed by atoms with E-state index in [0.29, 0.717) is 31.8 Å². The van der Waals surface area contributed by atoms with Crippen LogP contribution in [-0.2, 0) is 19.6 Å². The predicted octanol–water partition coefficient (Wildman–Crippen LogP) is 6.76. The van der Waals surface area contributed by atoms with E-state index in [-0.39, 0.29) is 17.0 Å². The van der Waals surface area contributed by atoms with Crippen molar-refractivity contribution in [2.24, 2.45) is 0 Å². The first kappa shape index (κ1) is 32.5. The zero-order valence-corrected chi connectivity index (χ0v) is 28.8. The van der Waals surface area contributed by atoms with Crippen LogP contribution in [0.25, 0.3) is 21.8 Å². The summed E-state index contributed by atoms with van der Waals surface area (Å²) in [6.45, 7) is 6.75. The molecule has 2 amide bonds. The number of aryl methyl sites for hydroxylation is 1. The van der Waals surface area contributed by atoms with Crippen LogP contribution in [0.15, 0.2) is 86.9 Å². The number of hydrogen-bond acceptors (Lipinski definition) is 6. The molecular formula is C32H30Br2N4O6S. The molecule has 3 N–H and O–H groups in total. The largest absolute Gasteiger partial charge is 0.444 e. The van der Waals surface area contributed by atoms with E-state index >= 15 is 0 Å². The summed E-state index contributed by atoms with van der Waals surface area (Å²) in [6.07, 6.45) is 2.10. The van der Waals surface area contributed by atoms with Gasteiger partial charge >= 0.3 is 6.09 Å². The molecule has 0 radical (unpaired) electrons. The summed E-state index contributed by atoms with van der Waals surface area (Å²) >= 11 is 6.81. The van der Waals surface area contributed by atoms with E-state index in [2.05, 4.69) is 47.5 Å². The van der Waals surface area contributed by atoms with Crippen LogP contribution >= 0.6 is 31.9 Å². The smallest absolute Gasteiger partial charge is 0.408 e. The van der Waals surface area contributed by atoms with Crippen molar-refractivity contribution in [3.05, 3.63) is 98.7 Å². The first-order valence-electron chi connectivity index (χ1n) is 13.9. The summed E-state index contributed by atoms with van der Waals surface area (Å²) in [5.41, 5.74) is 1.69. The lowest BCUT2D eigenvalue weighted by atomic mass is 10.1. The van der Waals surface area contributed by atoms with Crippen molar-refractivity contribution in [3.63, 3.8) is 0 Å². The average molecular weight is 758 g/mol. The van der Waals surface area contributed by atoms with E-state index in [4.69, 9.17) is 4.74 Å². The average Bonchev–Trinajstić information content (AvgIpc) is 3.55. The summed E-state index contributed by atoms with van der Waals surface area (Å²) in [6, 6.07) is 15.9. The van der Waals surface area contributed by atoms with E-state index in [1.807, 2.05) is 6.92 Å². The number of amides is 2. The van der Waals surface area contributed by atoms with Crippen LogP contribution in [0.3, 0.4) is 0 Å². The third-order valence-electron chi connectivity index (χ3n) is 6.97. The number of aromatic nitrogens is 2. The standard InChI is InChI=1S/C32H30Br2N4O6S/c1-18-5-9-21(10-6-18)45(42,43)38-17-25(23-12-8-20(34)14-28(23)38)27(37-31(41)44-32(2,3)4)16-36-30(40)29(39)24-15-35-26-13-19(33)7-11-22(24)26/h5-15,17,27,35H,16H2,1-4H3,(H,36,40)(H,37,41). The van der Waals surface area contributed by atoms with E-state index in [1.54, 1.807) is 69.3 Å². The second-order valence-corrected chi connectivity index (χ2v) is 15.1. The molecule has 234 valence electrons. The van der Waals surface area contributed by atoms with Gasteiger partial charge in [0.15, 0.2) is 0 Å². The Morgan fingerprint density at radius 2 is 1.60 bits per heavy atom. The molecule has 2 aromatic heterocycles. The molecule has 3 aromatic carbocycles. The Bertz CT molecular complexity index is 2060. The molecule has 0 spiro atoms. The summed E-state index contributed by atoms with van der Waals surface area (Å²) in [5.74, 6) is -1.67. The molecule has 0 saturated heterocycles. The van der Waals surface area contributed by atoms with Gasteiger partial charge in [0.25, 0.3) is 21.7 Å². The maximum absolute atomic E-state index is 13.8. The Hall–Kier alpha value is -3.94. The number of nitrogens with zero attached hydrogens (tertiary/aromatic N) is 1. The zero-order valence-electron chi connectivity index (χ0n) is 24.8. The van der Waals surface area contributed by atoms with Gasteiger partial charge in [0.1, 0.15) is 5.60 Å². The van der Waals surface area contributed by atoms with Gasteiger partial charge in [-0.15, -0.1) is 0 Å². The fourth-order valence-electron chi connectivity index (χ4n) is 4.87. The van der Waals surface area contributed by atoms with Gasteiger partial charge in [0.2, 0.25) is 0 Å². The molecule has 0 aliphatic rings. The molecule has 0 fully saturated rings. The first-order valence-corrected chi connectivity index (χ1v) is 16.9. The Morgan fingerprint density at radius 3 is 2.27 bits per heavy atom. The topological polar surface area (TPSA) is 139 Å². The summed E-state index contributed by atoms with van der Waals surface area (Å²) in [5, 5.41) is 6.47. The molecule has 0 saturated carbocycles. The maximum atomic E-state index is 13.8. The highest BCUT2D eigenvalue weighted by atomic mass is 79.9. The maximum Gasteiger partial charge on any atom is 0.408 e. The molecule has 0 aliphatic heterocycles. The minimum absolute atomic E-state index is 0.0813. The van der Waals surface area contributed by atoms with Gasteiger partial charge in [-0.2, -0.15) is 0 Å². The zero-order chi connectivity index (χ0) is 32.7. The van der Waals surface area contributed by atoms with Crippen LogP contribution in [0.5, 0.6) is 0 Å². The van der Waals surface area contributed by atoms with Gasteiger partial charge < -0.3 is 20.4 Å². The van der Waals surface area contributed by atoms with E-state index in [1.165, 1.54) is 24.5 Å². The molecule has 13 heteroatoms. The number of rotatable bonds is 8. The normalized spacial score (nSPS) is 12.7. The molecule has 5 rings (SSSR count). The number of carbonyl (C=O) groups is 3. The minimum Gasteiger partial charge on any atom is -0.444 e. The van der Waals surface area contributed by atoms with Crippen molar-refractivity contribution in [2.45, 2.75) is 44.2 Å². The van der Waals surface area contributed by atoms with Crippen LogP contribution in [-0.4, -0.2) is 47.3 Å². The van der Waals surface area contributed by atoms with Crippen LogP contribution in [0.1, 0.15) is 48.3 Å². The van der Waals surface area contributed by atoms with Gasteiger partial charge in [0, 0.05) is 49.7 Å². The number of hydrogen-bond donors (Lipinski definition) is 3. The van der Waals surface area contributed by atoms with Crippen molar-refractivity contribution in [3.8, 4) is 0 Å². The van der Waals surface area contributed by atoms with Crippen LogP contribution in [0.4, 0.5) is 4.79 Å². The molecule has 1 unspecified atom stereocenters. The molecule has 2 heterocycles. The van der Waals surface area contributed by atoms with Crippen molar-refractivity contribution in [1.82, 2.24) is 19.6 Å². The molecule has 1 atom stereocenters. The monoisotopic (exact) mass is 756 g/mol. The molecule has 0 aliphatic carbocycles. The molecule has 5 aromatic rings. The number of aromatic amines is 1. The lowest BCUT2D eigenvalue weighted by molar-refractivity contribution is -0.117. The van der Waals surface area contributed by atoms with Crippen molar-refractivity contribution in [1.29, 1.82) is 0 Å². The lowest BCUT2D eigenvalue weighted by Crippen LogP contribution is -2.42. The van der Waals surface area contributed by atoms with E-state index < -0.39 is 39.4 Å². The number of Topliss-reactive ketones (excluding diaryl/α,β-unsaturated/α-hetero) is 1. The quantitative estimate of drug-likeness (QED) is 0.118. The third kappa shape index (κ3) is 7.00. The minimum atomic E-state index is -4.06. The number of benzene rings is 3. The van der Waals surface area contributed by atoms with E-state index in [0.717, 1.165) is 14.0 Å². The second-order valence-electron chi connectivity index (χ2n) is 11.5. The van der Waals surface area contributed by atoms with Gasteiger partial charge in [0.05, 0.1) is 22.0 Å². The SMILES string of the molecule is Cc1ccc(S(=O)(=O)n2cc(C(CNC(=O)C(=O)c3c[nH]c4cc(Br)ccc34)NC(=O)OC(C)(C)C)c3ccc(Br)cc32)cc1. The Morgan fingerprint density at radius 1 is 0.956 bits per heavy atom. The molecule has 45 heavy (non-hydrogen) atoms. The summed E-state index contributed by atoms with van der Waals surface area (Å²) < 4.78 is 35.8.